The molecule has 0 N–H and O–H groups in total. The van der Waals surface area contributed by atoms with Crippen LogP contribution in [0.1, 0.15) is 22.5 Å². The first kappa shape index (κ1) is 7.80. The van der Waals surface area contributed by atoms with E-state index >= 15 is 0 Å². The van der Waals surface area contributed by atoms with E-state index in [1.165, 1.54) is 16.5 Å². The Morgan fingerprint density at radius 3 is 2.86 bits per heavy atom. The molecule has 14 heavy (non-hydrogen) atoms. The van der Waals surface area contributed by atoms with Gasteiger partial charge in [0.05, 0.1) is 5.69 Å². The van der Waals surface area contributed by atoms with E-state index in [9.17, 15) is 4.79 Å². The number of nitrogens with zero attached hydrogens (tertiary/aromatic N) is 1. The van der Waals surface area contributed by atoms with Crippen LogP contribution in [0.15, 0.2) is 24.3 Å². The monoisotopic (exact) mass is 185 g/mol. The smallest absolute Gasteiger partial charge is 0.179 e. The number of aryl methyl sites for hydroxylation is 2. The Kier molecular flexibility index (Phi) is 1.38. The van der Waals surface area contributed by atoms with Crippen LogP contribution in [0.3, 0.4) is 0 Å². The number of rotatable bonds is 0. The van der Waals surface area contributed by atoms with E-state index in [0.717, 1.165) is 12.1 Å². The Hall–Kier alpha value is -1.57. The molecule has 0 saturated carbocycles. The number of benzene rings is 1. The van der Waals surface area contributed by atoms with E-state index in [1.807, 2.05) is 23.7 Å². The van der Waals surface area contributed by atoms with Crippen LogP contribution >= 0.6 is 0 Å². The van der Waals surface area contributed by atoms with E-state index in [4.69, 9.17) is 0 Å². The van der Waals surface area contributed by atoms with Gasteiger partial charge < -0.3 is 4.57 Å². The van der Waals surface area contributed by atoms with Crippen LogP contribution in [0, 0.1) is 0 Å². The third-order valence-electron chi connectivity index (χ3n) is 3.08. The zero-order valence-corrected chi connectivity index (χ0v) is 8.08. The highest BCUT2D eigenvalue weighted by Crippen LogP contribution is 2.31. The molecule has 0 radical (unpaired) electrons. The van der Waals surface area contributed by atoms with E-state index in [0.29, 0.717) is 12.2 Å². The summed E-state index contributed by atoms with van der Waals surface area (Å²) < 4.78 is 2.03. The molecule has 0 spiro atoms. The van der Waals surface area contributed by atoms with Gasteiger partial charge in [-0.05, 0) is 18.1 Å². The molecule has 1 aliphatic carbocycles. The normalized spacial score (nSPS) is 15.1. The number of fused-ring (bicyclic) bond motifs is 3. The van der Waals surface area contributed by atoms with Gasteiger partial charge in [0, 0.05) is 24.4 Å². The number of aromatic nitrogens is 1. The number of ketones is 1. The zero-order valence-electron chi connectivity index (χ0n) is 8.08. The van der Waals surface area contributed by atoms with Crippen LogP contribution in [-0.2, 0) is 13.5 Å². The lowest BCUT2D eigenvalue weighted by Crippen LogP contribution is -2.00. The molecule has 70 valence electrons. The number of Topliss-reactive ketones (excluding diaryl/α,β-unsaturated/α-hetero) is 1. The molecule has 3 rings (SSSR count). The topological polar surface area (TPSA) is 22.0 Å². The van der Waals surface area contributed by atoms with Crippen LogP contribution < -0.4 is 0 Å². The van der Waals surface area contributed by atoms with Crippen molar-refractivity contribution in [2.45, 2.75) is 12.8 Å². The summed E-state index contributed by atoms with van der Waals surface area (Å²) in [4.78, 5) is 11.6. The summed E-state index contributed by atoms with van der Waals surface area (Å²) in [6.07, 6.45) is 1.60. The fraction of sp³-hybridized carbons (Fsp3) is 0.250. The molecule has 0 saturated heterocycles. The standard InChI is InChI=1S/C12H11NO/c1-13-10-5-3-2-4-8(10)9-6-7-11(14)12(9)13/h2-5H,6-7H2,1H3. The average Bonchev–Trinajstić information content (AvgIpc) is 2.70. The van der Waals surface area contributed by atoms with Gasteiger partial charge in [-0.3, -0.25) is 4.79 Å². The minimum absolute atomic E-state index is 0.290. The fourth-order valence-corrected chi connectivity index (χ4v) is 2.44. The number of hydrogen-bond donors (Lipinski definition) is 0. The zero-order chi connectivity index (χ0) is 9.71. The summed E-state index contributed by atoms with van der Waals surface area (Å²) in [6.45, 7) is 0. The highest BCUT2D eigenvalue weighted by molar-refractivity contribution is 6.06. The predicted molar refractivity (Wildman–Crippen MR) is 55.6 cm³/mol. The number of carbonyl (C=O) groups is 1. The second-order valence-corrected chi connectivity index (χ2v) is 3.83. The molecule has 1 heterocycles. The van der Waals surface area contributed by atoms with Crippen LogP contribution in [0.2, 0.25) is 0 Å². The molecule has 1 aromatic carbocycles. The second-order valence-electron chi connectivity index (χ2n) is 3.83. The van der Waals surface area contributed by atoms with Crippen molar-refractivity contribution < 1.29 is 4.79 Å². The average molecular weight is 185 g/mol. The molecule has 1 aliphatic rings. The largest absolute Gasteiger partial charge is 0.341 e. The van der Waals surface area contributed by atoms with Gasteiger partial charge in [0.25, 0.3) is 0 Å². The molecule has 0 aliphatic heterocycles. The molecule has 0 fully saturated rings. The van der Waals surface area contributed by atoms with E-state index in [-0.39, 0.29) is 0 Å². The lowest BCUT2D eigenvalue weighted by atomic mass is 10.1. The van der Waals surface area contributed by atoms with Gasteiger partial charge >= 0.3 is 0 Å². The first-order chi connectivity index (χ1) is 6.79. The third kappa shape index (κ3) is 0.782. The van der Waals surface area contributed by atoms with Gasteiger partial charge in [0.1, 0.15) is 0 Å². The molecule has 1 aromatic heterocycles. The Morgan fingerprint density at radius 2 is 2.00 bits per heavy atom. The predicted octanol–water partition coefficient (Wildman–Crippen LogP) is 2.31. The lowest BCUT2D eigenvalue weighted by Gasteiger charge is -1.98. The summed E-state index contributed by atoms with van der Waals surface area (Å²) in [5, 5.41) is 1.25. The van der Waals surface area contributed by atoms with Crippen LogP contribution in [-0.4, -0.2) is 10.4 Å². The summed E-state index contributed by atoms with van der Waals surface area (Å²) in [5.74, 6) is 0.290. The fourth-order valence-electron chi connectivity index (χ4n) is 2.44. The summed E-state index contributed by atoms with van der Waals surface area (Å²) in [5.41, 5.74) is 3.34. The van der Waals surface area contributed by atoms with Crippen molar-refractivity contribution >= 4 is 16.7 Å². The summed E-state index contributed by atoms with van der Waals surface area (Å²) in [7, 11) is 1.98. The molecule has 0 unspecified atom stereocenters. The van der Waals surface area contributed by atoms with E-state index in [2.05, 4.69) is 12.1 Å². The molecule has 0 amide bonds. The van der Waals surface area contributed by atoms with Gasteiger partial charge in [-0.2, -0.15) is 0 Å². The summed E-state index contributed by atoms with van der Waals surface area (Å²) in [6, 6.07) is 8.22. The van der Waals surface area contributed by atoms with Gasteiger partial charge in [-0.1, -0.05) is 18.2 Å². The van der Waals surface area contributed by atoms with E-state index < -0.39 is 0 Å². The molecular weight excluding hydrogens is 174 g/mol. The first-order valence-corrected chi connectivity index (χ1v) is 4.88. The van der Waals surface area contributed by atoms with Crippen molar-refractivity contribution in [3.05, 3.63) is 35.5 Å². The van der Waals surface area contributed by atoms with Crippen molar-refractivity contribution in [1.29, 1.82) is 0 Å². The van der Waals surface area contributed by atoms with Crippen LogP contribution in [0.25, 0.3) is 10.9 Å². The Labute approximate surface area is 82.1 Å². The van der Waals surface area contributed by atoms with Crippen LogP contribution in [0.5, 0.6) is 0 Å². The van der Waals surface area contributed by atoms with Crippen molar-refractivity contribution in [1.82, 2.24) is 4.57 Å². The summed E-state index contributed by atoms with van der Waals surface area (Å²) >= 11 is 0. The Morgan fingerprint density at radius 1 is 1.21 bits per heavy atom. The third-order valence-corrected chi connectivity index (χ3v) is 3.08. The highest BCUT2D eigenvalue weighted by Gasteiger charge is 2.26. The molecule has 0 bridgehead atoms. The van der Waals surface area contributed by atoms with Gasteiger partial charge in [-0.25, -0.2) is 0 Å². The van der Waals surface area contributed by atoms with Crippen molar-refractivity contribution in [3.63, 3.8) is 0 Å². The number of carbonyl (C=O) groups excluding carboxylic acids is 1. The molecule has 2 nitrogen and oxygen atoms in total. The molecule has 2 heteroatoms. The second kappa shape index (κ2) is 2.47. The van der Waals surface area contributed by atoms with E-state index in [1.54, 1.807) is 0 Å². The van der Waals surface area contributed by atoms with Crippen molar-refractivity contribution in [2.24, 2.45) is 7.05 Å². The number of hydrogen-bond acceptors (Lipinski definition) is 1. The van der Waals surface area contributed by atoms with Crippen molar-refractivity contribution in [3.8, 4) is 0 Å². The maximum Gasteiger partial charge on any atom is 0.179 e. The van der Waals surface area contributed by atoms with Gasteiger partial charge in [-0.15, -0.1) is 0 Å². The molecule has 0 atom stereocenters. The minimum atomic E-state index is 0.290. The quantitative estimate of drug-likeness (QED) is 0.617. The SMILES string of the molecule is Cn1c2c(c3ccccc31)CCC2=O. The Balaban J connectivity index is 2.51. The maximum atomic E-state index is 11.6. The highest BCUT2D eigenvalue weighted by atomic mass is 16.1. The lowest BCUT2D eigenvalue weighted by molar-refractivity contribution is 0.0987. The number of para-hydroxylation sites is 1. The molecular formula is C12H11NO. The molecule has 2 aromatic rings. The van der Waals surface area contributed by atoms with Crippen molar-refractivity contribution in [2.75, 3.05) is 0 Å². The van der Waals surface area contributed by atoms with Crippen LogP contribution in [0.4, 0.5) is 0 Å². The van der Waals surface area contributed by atoms with Gasteiger partial charge in [0.2, 0.25) is 0 Å². The first-order valence-electron chi connectivity index (χ1n) is 4.88. The Bertz CT molecular complexity index is 536. The minimum Gasteiger partial charge on any atom is -0.341 e. The van der Waals surface area contributed by atoms with Gasteiger partial charge in [0.15, 0.2) is 5.78 Å². The maximum absolute atomic E-state index is 11.6.